The van der Waals surface area contributed by atoms with Gasteiger partial charge in [0, 0.05) is 6.20 Å². The first kappa shape index (κ1) is 6.81. The van der Waals surface area contributed by atoms with Crippen LogP contribution in [0.1, 0.15) is 11.3 Å². The topological polar surface area (TPSA) is 33.1 Å². The molecular formula is C8H9NO. The molecule has 1 aromatic rings. The van der Waals surface area contributed by atoms with Gasteiger partial charge in [-0.1, -0.05) is 12.7 Å². The molecule has 1 N–H and O–H groups in total. The fourth-order valence-corrected chi connectivity index (χ4v) is 0.649. The van der Waals surface area contributed by atoms with E-state index in [1.807, 2.05) is 0 Å². The van der Waals surface area contributed by atoms with Gasteiger partial charge in [0.25, 0.3) is 0 Å². The van der Waals surface area contributed by atoms with Crippen LogP contribution in [-0.4, -0.2) is 10.1 Å². The zero-order valence-corrected chi connectivity index (χ0v) is 5.83. The molecule has 0 amide bonds. The van der Waals surface area contributed by atoms with Crippen LogP contribution in [0.25, 0.3) is 6.08 Å². The van der Waals surface area contributed by atoms with E-state index < -0.39 is 0 Å². The van der Waals surface area contributed by atoms with Gasteiger partial charge in [-0.25, -0.2) is 0 Å². The molecule has 0 aliphatic heterocycles. The van der Waals surface area contributed by atoms with Gasteiger partial charge in [0.2, 0.25) is 0 Å². The standard InChI is InChI=1S/C8H9NO/c1-3-7-4-8(10)6(2)9-5-7/h3-5,10H,1H2,2H3. The molecule has 52 valence electrons. The molecular weight excluding hydrogens is 126 g/mol. The summed E-state index contributed by atoms with van der Waals surface area (Å²) in [6.45, 7) is 5.30. The van der Waals surface area contributed by atoms with Gasteiger partial charge in [0.05, 0.1) is 5.69 Å². The van der Waals surface area contributed by atoms with Gasteiger partial charge in [0.1, 0.15) is 5.75 Å². The summed E-state index contributed by atoms with van der Waals surface area (Å²) in [5, 5.41) is 9.12. The highest BCUT2D eigenvalue weighted by Gasteiger charge is 1.94. The number of hydrogen-bond donors (Lipinski definition) is 1. The second-order valence-corrected chi connectivity index (χ2v) is 2.08. The Kier molecular flexibility index (Phi) is 1.71. The predicted molar refractivity (Wildman–Crippen MR) is 40.7 cm³/mol. The molecule has 0 unspecified atom stereocenters. The van der Waals surface area contributed by atoms with E-state index in [9.17, 15) is 0 Å². The Morgan fingerprint density at radius 3 is 2.90 bits per heavy atom. The number of aromatic nitrogens is 1. The molecule has 0 aliphatic rings. The molecule has 0 aromatic carbocycles. The van der Waals surface area contributed by atoms with Crippen molar-refractivity contribution in [3.8, 4) is 5.75 Å². The lowest BCUT2D eigenvalue weighted by Gasteiger charge is -1.96. The van der Waals surface area contributed by atoms with Gasteiger partial charge in [-0.3, -0.25) is 4.98 Å². The summed E-state index contributed by atoms with van der Waals surface area (Å²) < 4.78 is 0. The van der Waals surface area contributed by atoms with Crippen molar-refractivity contribution in [2.24, 2.45) is 0 Å². The Bertz CT molecular complexity index is 255. The summed E-state index contributed by atoms with van der Waals surface area (Å²) in [6, 6.07) is 1.63. The van der Waals surface area contributed by atoms with E-state index in [0.29, 0.717) is 5.69 Å². The van der Waals surface area contributed by atoms with Gasteiger partial charge >= 0.3 is 0 Å². The van der Waals surface area contributed by atoms with Crippen molar-refractivity contribution in [2.75, 3.05) is 0 Å². The zero-order valence-electron chi connectivity index (χ0n) is 5.83. The lowest BCUT2D eigenvalue weighted by atomic mass is 10.2. The number of aryl methyl sites for hydroxylation is 1. The van der Waals surface area contributed by atoms with Crippen molar-refractivity contribution >= 4 is 6.08 Å². The lowest BCUT2D eigenvalue weighted by molar-refractivity contribution is 0.467. The van der Waals surface area contributed by atoms with Crippen molar-refractivity contribution in [2.45, 2.75) is 6.92 Å². The first-order valence-corrected chi connectivity index (χ1v) is 3.02. The Morgan fingerprint density at radius 1 is 1.70 bits per heavy atom. The second-order valence-electron chi connectivity index (χ2n) is 2.08. The third-order valence-corrected chi connectivity index (χ3v) is 1.32. The van der Waals surface area contributed by atoms with Gasteiger partial charge in [0.15, 0.2) is 0 Å². The van der Waals surface area contributed by atoms with E-state index in [2.05, 4.69) is 11.6 Å². The quantitative estimate of drug-likeness (QED) is 0.636. The van der Waals surface area contributed by atoms with Crippen molar-refractivity contribution in [3.05, 3.63) is 30.1 Å². The minimum Gasteiger partial charge on any atom is -0.506 e. The molecule has 0 fully saturated rings. The lowest BCUT2D eigenvalue weighted by Crippen LogP contribution is -1.81. The molecule has 0 radical (unpaired) electrons. The fourth-order valence-electron chi connectivity index (χ4n) is 0.649. The van der Waals surface area contributed by atoms with E-state index in [4.69, 9.17) is 5.11 Å². The monoisotopic (exact) mass is 135 g/mol. The minimum absolute atomic E-state index is 0.220. The molecule has 2 heteroatoms. The Labute approximate surface area is 59.9 Å². The van der Waals surface area contributed by atoms with Crippen molar-refractivity contribution in [1.82, 2.24) is 4.98 Å². The Balaban J connectivity index is 3.16. The first-order chi connectivity index (χ1) is 4.74. The highest BCUT2D eigenvalue weighted by Crippen LogP contribution is 2.14. The van der Waals surface area contributed by atoms with Gasteiger partial charge in [-0.15, -0.1) is 0 Å². The van der Waals surface area contributed by atoms with E-state index in [1.54, 1.807) is 25.3 Å². The van der Waals surface area contributed by atoms with E-state index in [-0.39, 0.29) is 5.75 Å². The maximum Gasteiger partial charge on any atom is 0.137 e. The van der Waals surface area contributed by atoms with Crippen LogP contribution in [0.4, 0.5) is 0 Å². The average Bonchev–Trinajstić information content (AvgIpc) is 1.95. The fraction of sp³-hybridized carbons (Fsp3) is 0.125. The highest BCUT2D eigenvalue weighted by atomic mass is 16.3. The smallest absolute Gasteiger partial charge is 0.137 e. The average molecular weight is 135 g/mol. The molecule has 0 atom stereocenters. The molecule has 0 saturated heterocycles. The molecule has 2 nitrogen and oxygen atoms in total. The van der Waals surface area contributed by atoms with E-state index in [0.717, 1.165) is 5.56 Å². The number of hydrogen-bond acceptors (Lipinski definition) is 2. The molecule has 1 rings (SSSR count). The summed E-state index contributed by atoms with van der Waals surface area (Å²) in [7, 11) is 0. The molecule has 10 heavy (non-hydrogen) atoms. The third kappa shape index (κ3) is 1.16. The maximum atomic E-state index is 9.12. The first-order valence-electron chi connectivity index (χ1n) is 3.02. The normalized spacial score (nSPS) is 9.30. The molecule has 1 aromatic heterocycles. The summed E-state index contributed by atoms with van der Waals surface area (Å²) >= 11 is 0. The van der Waals surface area contributed by atoms with Crippen molar-refractivity contribution in [3.63, 3.8) is 0 Å². The number of nitrogens with zero attached hydrogens (tertiary/aromatic N) is 1. The second kappa shape index (κ2) is 2.52. The van der Waals surface area contributed by atoms with Crippen molar-refractivity contribution in [1.29, 1.82) is 0 Å². The van der Waals surface area contributed by atoms with Gasteiger partial charge in [-0.2, -0.15) is 0 Å². The van der Waals surface area contributed by atoms with Crippen LogP contribution in [0.15, 0.2) is 18.8 Å². The van der Waals surface area contributed by atoms with Gasteiger partial charge < -0.3 is 5.11 Å². The SMILES string of the molecule is C=Cc1cnc(C)c(O)c1. The Hall–Kier alpha value is -1.31. The molecule has 0 aliphatic carbocycles. The summed E-state index contributed by atoms with van der Waals surface area (Å²) in [5.74, 6) is 0.220. The minimum atomic E-state index is 0.220. The zero-order chi connectivity index (χ0) is 7.56. The summed E-state index contributed by atoms with van der Waals surface area (Å²) in [5.41, 5.74) is 1.48. The summed E-state index contributed by atoms with van der Waals surface area (Å²) in [4.78, 5) is 3.93. The van der Waals surface area contributed by atoms with Crippen LogP contribution in [0.2, 0.25) is 0 Å². The van der Waals surface area contributed by atoms with E-state index in [1.165, 1.54) is 0 Å². The van der Waals surface area contributed by atoms with E-state index >= 15 is 0 Å². The van der Waals surface area contributed by atoms with Crippen LogP contribution in [0, 0.1) is 6.92 Å². The van der Waals surface area contributed by atoms with Crippen molar-refractivity contribution < 1.29 is 5.11 Å². The van der Waals surface area contributed by atoms with Gasteiger partial charge in [-0.05, 0) is 18.6 Å². The molecule has 0 bridgehead atoms. The maximum absolute atomic E-state index is 9.12. The number of rotatable bonds is 1. The molecule has 0 spiro atoms. The van der Waals surface area contributed by atoms with Crippen LogP contribution in [0.5, 0.6) is 5.75 Å². The predicted octanol–water partition coefficient (Wildman–Crippen LogP) is 1.74. The largest absolute Gasteiger partial charge is 0.506 e. The highest BCUT2D eigenvalue weighted by molar-refractivity contribution is 5.48. The third-order valence-electron chi connectivity index (χ3n) is 1.32. The van der Waals surface area contributed by atoms with Crippen LogP contribution in [0.3, 0.4) is 0 Å². The summed E-state index contributed by atoms with van der Waals surface area (Å²) in [6.07, 6.45) is 3.31. The van der Waals surface area contributed by atoms with Crippen LogP contribution < -0.4 is 0 Å². The number of pyridine rings is 1. The van der Waals surface area contributed by atoms with Crippen LogP contribution in [-0.2, 0) is 0 Å². The van der Waals surface area contributed by atoms with Crippen LogP contribution >= 0.6 is 0 Å². The molecule has 1 heterocycles. The molecule has 0 saturated carbocycles. The Morgan fingerprint density at radius 2 is 2.40 bits per heavy atom. The number of aromatic hydroxyl groups is 1.